The third kappa shape index (κ3) is 3.90. The standard InChI is InChI=1S/C20H22FN5O2/c21-16-11-14(3-5-17(16)25-8-1-2-9-25)20(28)24-15-4-6-18(23-12-15)26-10-7-22-19(27)13-26/h3-6,11-12H,1-2,7-10,13H2,(H,22,27)(H,24,28). The zero-order valence-electron chi connectivity index (χ0n) is 15.4. The minimum atomic E-state index is -0.390. The summed E-state index contributed by atoms with van der Waals surface area (Å²) < 4.78 is 14.4. The third-order valence-electron chi connectivity index (χ3n) is 5.02. The molecule has 2 aromatic rings. The molecule has 7 nitrogen and oxygen atoms in total. The van der Waals surface area contributed by atoms with Crippen molar-refractivity contribution in [2.24, 2.45) is 0 Å². The quantitative estimate of drug-likeness (QED) is 0.845. The van der Waals surface area contributed by atoms with Crippen molar-refractivity contribution >= 4 is 29.0 Å². The van der Waals surface area contributed by atoms with Crippen molar-refractivity contribution in [3.05, 3.63) is 47.9 Å². The Morgan fingerprint density at radius 3 is 2.61 bits per heavy atom. The van der Waals surface area contributed by atoms with Gasteiger partial charge in [-0.15, -0.1) is 0 Å². The van der Waals surface area contributed by atoms with Crippen molar-refractivity contribution in [3.63, 3.8) is 0 Å². The zero-order valence-corrected chi connectivity index (χ0v) is 15.4. The molecule has 2 aliphatic heterocycles. The number of rotatable bonds is 4. The smallest absolute Gasteiger partial charge is 0.255 e. The summed E-state index contributed by atoms with van der Waals surface area (Å²) >= 11 is 0. The Morgan fingerprint density at radius 1 is 1.11 bits per heavy atom. The SMILES string of the molecule is O=C1CN(c2ccc(NC(=O)c3ccc(N4CCCC4)c(F)c3)cn2)CCN1. The van der Waals surface area contributed by atoms with Crippen LogP contribution in [0.5, 0.6) is 0 Å². The van der Waals surface area contributed by atoms with Crippen molar-refractivity contribution in [1.82, 2.24) is 10.3 Å². The van der Waals surface area contributed by atoms with Crippen LogP contribution in [-0.4, -0.2) is 49.5 Å². The highest BCUT2D eigenvalue weighted by atomic mass is 19.1. The highest BCUT2D eigenvalue weighted by Gasteiger charge is 2.19. The highest BCUT2D eigenvalue weighted by Crippen LogP contribution is 2.25. The van der Waals surface area contributed by atoms with Gasteiger partial charge < -0.3 is 20.4 Å². The Labute approximate surface area is 162 Å². The molecule has 0 radical (unpaired) electrons. The second-order valence-corrected chi connectivity index (χ2v) is 6.99. The molecule has 2 amide bonds. The van der Waals surface area contributed by atoms with E-state index in [0.717, 1.165) is 25.9 Å². The van der Waals surface area contributed by atoms with Gasteiger partial charge in [-0.3, -0.25) is 9.59 Å². The van der Waals surface area contributed by atoms with E-state index in [9.17, 15) is 14.0 Å². The number of hydrogen-bond donors (Lipinski definition) is 2. The normalized spacial score (nSPS) is 16.8. The summed E-state index contributed by atoms with van der Waals surface area (Å²) in [7, 11) is 0. The third-order valence-corrected chi connectivity index (χ3v) is 5.02. The summed E-state index contributed by atoms with van der Waals surface area (Å²) in [6.45, 7) is 3.23. The Balaban J connectivity index is 1.42. The molecule has 2 saturated heterocycles. The number of carbonyl (C=O) groups is 2. The maximum absolute atomic E-state index is 14.4. The van der Waals surface area contributed by atoms with Gasteiger partial charge in [-0.05, 0) is 43.2 Å². The lowest BCUT2D eigenvalue weighted by atomic mass is 10.1. The van der Waals surface area contributed by atoms with Crippen LogP contribution in [0.15, 0.2) is 36.5 Å². The van der Waals surface area contributed by atoms with Gasteiger partial charge in [0.25, 0.3) is 5.91 Å². The fourth-order valence-corrected chi connectivity index (χ4v) is 3.55. The number of nitrogens with zero attached hydrogens (tertiary/aromatic N) is 3. The lowest BCUT2D eigenvalue weighted by Crippen LogP contribution is -2.48. The van der Waals surface area contributed by atoms with Gasteiger partial charge in [0.15, 0.2) is 0 Å². The number of nitrogens with one attached hydrogen (secondary N) is 2. The van der Waals surface area contributed by atoms with Crippen molar-refractivity contribution < 1.29 is 14.0 Å². The summed E-state index contributed by atoms with van der Waals surface area (Å²) in [5.41, 5.74) is 1.32. The molecule has 1 aromatic heterocycles. The lowest BCUT2D eigenvalue weighted by Gasteiger charge is -2.27. The van der Waals surface area contributed by atoms with E-state index in [2.05, 4.69) is 15.6 Å². The Hall–Kier alpha value is -3.16. The Bertz CT molecular complexity index is 881. The first-order valence-corrected chi connectivity index (χ1v) is 9.44. The number of amides is 2. The van der Waals surface area contributed by atoms with E-state index >= 15 is 0 Å². The zero-order chi connectivity index (χ0) is 19.5. The van der Waals surface area contributed by atoms with Gasteiger partial charge in [0.1, 0.15) is 11.6 Å². The molecule has 3 heterocycles. The van der Waals surface area contributed by atoms with E-state index in [4.69, 9.17) is 0 Å². The number of anilines is 3. The number of carbonyl (C=O) groups excluding carboxylic acids is 2. The van der Waals surface area contributed by atoms with Crippen molar-refractivity contribution in [3.8, 4) is 0 Å². The molecule has 0 aliphatic carbocycles. The molecule has 0 atom stereocenters. The largest absolute Gasteiger partial charge is 0.369 e. The number of hydrogen-bond acceptors (Lipinski definition) is 5. The summed E-state index contributed by atoms with van der Waals surface area (Å²) in [6.07, 6.45) is 3.66. The average molecular weight is 383 g/mol. The van der Waals surface area contributed by atoms with Gasteiger partial charge >= 0.3 is 0 Å². The Kier molecular flexibility index (Phi) is 5.10. The van der Waals surface area contributed by atoms with Crippen LogP contribution in [0.1, 0.15) is 23.2 Å². The molecule has 0 saturated carbocycles. The molecular formula is C20H22FN5O2. The predicted octanol–water partition coefficient (Wildman–Crippen LogP) is 2.01. The number of pyridine rings is 1. The topological polar surface area (TPSA) is 77.6 Å². The van der Waals surface area contributed by atoms with E-state index in [1.54, 1.807) is 24.3 Å². The van der Waals surface area contributed by atoms with Crippen LogP contribution in [0.25, 0.3) is 0 Å². The van der Waals surface area contributed by atoms with Gasteiger partial charge in [0, 0.05) is 31.7 Å². The first-order chi connectivity index (χ1) is 13.6. The maximum atomic E-state index is 14.4. The van der Waals surface area contributed by atoms with E-state index in [-0.39, 0.29) is 23.8 Å². The second kappa shape index (κ2) is 7.84. The van der Waals surface area contributed by atoms with Crippen LogP contribution in [0.2, 0.25) is 0 Å². The first-order valence-electron chi connectivity index (χ1n) is 9.44. The fraction of sp³-hybridized carbons (Fsp3) is 0.350. The molecule has 28 heavy (non-hydrogen) atoms. The number of piperazine rings is 1. The lowest BCUT2D eigenvalue weighted by molar-refractivity contribution is -0.120. The van der Waals surface area contributed by atoms with Crippen molar-refractivity contribution in [1.29, 1.82) is 0 Å². The second-order valence-electron chi connectivity index (χ2n) is 6.99. The molecule has 2 fully saturated rings. The summed E-state index contributed by atoms with van der Waals surface area (Å²) in [4.78, 5) is 32.1. The van der Waals surface area contributed by atoms with Gasteiger partial charge in [-0.2, -0.15) is 0 Å². The van der Waals surface area contributed by atoms with Crippen LogP contribution in [0.4, 0.5) is 21.6 Å². The van der Waals surface area contributed by atoms with Gasteiger partial charge in [-0.25, -0.2) is 9.37 Å². The van der Waals surface area contributed by atoms with E-state index in [1.165, 1.54) is 12.3 Å². The van der Waals surface area contributed by atoms with Gasteiger partial charge in [0.05, 0.1) is 24.1 Å². The van der Waals surface area contributed by atoms with Crippen LogP contribution in [0.3, 0.4) is 0 Å². The summed E-state index contributed by atoms with van der Waals surface area (Å²) in [5, 5.41) is 5.50. The minimum Gasteiger partial charge on any atom is -0.369 e. The summed E-state index contributed by atoms with van der Waals surface area (Å²) in [5.74, 6) is -0.135. The molecule has 2 N–H and O–H groups in total. The molecule has 1 aromatic carbocycles. The van der Waals surface area contributed by atoms with Crippen LogP contribution < -0.4 is 20.4 Å². The van der Waals surface area contributed by atoms with Crippen molar-refractivity contribution in [2.75, 3.05) is 47.8 Å². The molecular weight excluding hydrogens is 361 g/mol. The molecule has 0 bridgehead atoms. The molecule has 2 aliphatic rings. The summed E-state index contributed by atoms with van der Waals surface area (Å²) in [6, 6.07) is 8.06. The maximum Gasteiger partial charge on any atom is 0.255 e. The molecule has 8 heteroatoms. The molecule has 146 valence electrons. The monoisotopic (exact) mass is 383 g/mol. The molecule has 4 rings (SSSR count). The van der Waals surface area contributed by atoms with Crippen LogP contribution in [0, 0.1) is 5.82 Å². The number of halogens is 1. The van der Waals surface area contributed by atoms with Crippen molar-refractivity contribution in [2.45, 2.75) is 12.8 Å². The van der Waals surface area contributed by atoms with Crippen LogP contribution >= 0.6 is 0 Å². The number of aromatic nitrogens is 1. The van der Waals surface area contributed by atoms with Gasteiger partial charge in [-0.1, -0.05) is 0 Å². The van der Waals surface area contributed by atoms with E-state index < -0.39 is 5.91 Å². The average Bonchev–Trinajstić information content (AvgIpc) is 3.23. The van der Waals surface area contributed by atoms with E-state index in [0.29, 0.717) is 30.3 Å². The molecule has 0 spiro atoms. The number of benzene rings is 1. The minimum absolute atomic E-state index is 0.0372. The first kappa shape index (κ1) is 18.2. The molecule has 0 unspecified atom stereocenters. The highest BCUT2D eigenvalue weighted by molar-refractivity contribution is 6.04. The van der Waals surface area contributed by atoms with Crippen LogP contribution in [-0.2, 0) is 4.79 Å². The van der Waals surface area contributed by atoms with E-state index in [1.807, 2.05) is 9.80 Å². The Morgan fingerprint density at radius 2 is 1.93 bits per heavy atom. The fourth-order valence-electron chi connectivity index (χ4n) is 3.55. The van der Waals surface area contributed by atoms with Gasteiger partial charge in [0.2, 0.25) is 5.91 Å². The predicted molar refractivity (Wildman–Crippen MR) is 105 cm³/mol.